The highest BCUT2D eigenvalue weighted by Crippen LogP contribution is 2.17. The second-order valence-corrected chi connectivity index (χ2v) is 6.42. The summed E-state index contributed by atoms with van der Waals surface area (Å²) in [5.41, 5.74) is 1.13. The Kier molecular flexibility index (Phi) is 8.54. The first-order chi connectivity index (χ1) is 12.6. The van der Waals surface area contributed by atoms with Crippen molar-refractivity contribution in [3.63, 3.8) is 0 Å². The van der Waals surface area contributed by atoms with Gasteiger partial charge in [0.15, 0.2) is 0 Å². The van der Waals surface area contributed by atoms with E-state index in [0.717, 1.165) is 5.56 Å². The van der Waals surface area contributed by atoms with E-state index in [1.165, 1.54) is 0 Å². The van der Waals surface area contributed by atoms with Gasteiger partial charge in [-0.25, -0.2) is 0 Å². The number of esters is 1. The van der Waals surface area contributed by atoms with E-state index in [-0.39, 0.29) is 30.7 Å². The van der Waals surface area contributed by atoms with Crippen LogP contribution in [0, 0.1) is 0 Å². The molecule has 1 N–H and O–H groups in total. The molecule has 1 aromatic carbocycles. The second kappa shape index (κ2) is 10.9. The number of aliphatic hydroxyl groups excluding tert-OH is 1. The summed E-state index contributed by atoms with van der Waals surface area (Å²) in [5.74, 6) is -0.354. The zero-order valence-corrected chi connectivity index (χ0v) is 15.4. The lowest BCUT2D eigenvalue weighted by Gasteiger charge is -2.23. The highest BCUT2D eigenvalue weighted by atomic mass is 16.5. The van der Waals surface area contributed by atoms with E-state index in [1.54, 1.807) is 14.2 Å². The minimum absolute atomic E-state index is 0.0131. The van der Waals surface area contributed by atoms with Crippen molar-refractivity contribution >= 4 is 12.0 Å². The largest absolute Gasteiger partial charge is 0.458 e. The van der Waals surface area contributed by atoms with Crippen LogP contribution in [-0.2, 0) is 19.0 Å². The van der Waals surface area contributed by atoms with Crippen LogP contribution >= 0.6 is 0 Å². The van der Waals surface area contributed by atoms with Gasteiger partial charge < -0.3 is 19.3 Å². The normalized spacial score (nSPS) is 23.3. The Morgan fingerprint density at radius 2 is 2.04 bits per heavy atom. The highest BCUT2D eigenvalue weighted by molar-refractivity contribution is 5.71. The predicted octanol–water partition coefficient (Wildman–Crippen LogP) is 3.13. The van der Waals surface area contributed by atoms with Gasteiger partial charge in [0.1, 0.15) is 6.10 Å². The third-order valence-electron chi connectivity index (χ3n) is 4.37. The fourth-order valence-electron chi connectivity index (χ4n) is 2.89. The summed E-state index contributed by atoms with van der Waals surface area (Å²) in [6.45, 7) is 0. The molecule has 0 amide bonds. The Morgan fingerprint density at radius 1 is 1.27 bits per heavy atom. The molecule has 0 unspecified atom stereocenters. The topological polar surface area (TPSA) is 65.0 Å². The van der Waals surface area contributed by atoms with Gasteiger partial charge in [0.05, 0.1) is 24.7 Å². The smallest absolute Gasteiger partial charge is 0.309 e. The lowest BCUT2D eigenvalue weighted by atomic mass is 10.0. The molecule has 1 aliphatic heterocycles. The Hall–Kier alpha value is -1.95. The second-order valence-electron chi connectivity index (χ2n) is 6.42. The van der Waals surface area contributed by atoms with Crippen molar-refractivity contribution in [2.24, 2.45) is 0 Å². The summed E-state index contributed by atoms with van der Waals surface area (Å²) in [4.78, 5) is 11.3. The van der Waals surface area contributed by atoms with Gasteiger partial charge in [-0.15, -0.1) is 0 Å². The molecule has 0 saturated carbocycles. The molecule has 1 fully saturated rings. The number of ether oxygens (including phenoxy) is 3. The number of carbonyl (C=O) groups excluding carboxylic acids is 1. The summed E-state index contributed by atoms with van der Waals surface area (Å²) < 4.78 is 16.3. The molecule has 5 nitrogen and oxygen atoms in total. The Balaban J connectivity index is 1.83. The first-order valence-corrected chi connectivity index (χ1v) is 8.93. The summed E-state index contributed by atoms with van der Waals surface area (Å²) in [6.07, 6.45) is 8.71. The van der Waals surface area contributed by atoms with E-state index in [9.17, 15) is 9.90 Å². The number of rotatable bonds is 9. The van der Waals surface area contributed by atoms with Gasteiger partial charge in [0, 0.05) is 27.1 Å². The maximum Gasteiger partial charge on any atom is 0.309 e. The summed E-state index contributed by atoms with van der Waals surface area (Å²) in [6, 6.07) is 10.1. The minimum atomic E-state index is -0.620. The van der Waals surface area contributed by atoms with Gasteiger partial charge >= 0.3 is 5.97 Å². The lowest BCUT2D eigenvalue weighted by Crippen LogP contribution is -2.31. The molecule has 0 radical (unpaired) electrons. The molecule has 1 saturated heterocycles. The van der Waals surface area contributed by atoms with Gasteiger partial charge in [0.25, 0.3) is 0 Å². The van der Waals surface area contributed by atoms with Crippen molar-refractivity contribution in [3.8, 4) is 0 Å². The molecule has 0 bridgehead atoms. The quantitative estimate of drug-likeness (QED) is 0.541. The van der Waals surface area contributed by atoms with Gasteiger partial charge in [-0.3, -0.25) is 4.79 Å². The number of hydrogen-bond acceptors (Lipinski definition) is 5. The fourth-order valence-corrected chi connectivity index (χ4v) is 2.89. The molecule has 5 heteroatoms. The standard InChI is InChI=1S/C21H28O5/c1-24-18(9-6-10-20-13-17(22)14-21(23)26-20)15-19(25-2)12-11-16-7-4-3-5-8-16/h3-8,10-12,17-20,22H,9,13-15H2,1-2H3/t17-,18+,19+,20-/m0/s1. The van der Waals surface area contributed by atoms with Crippen LogP contribution in [0.3, 0.4) is 0 Å². The molecule has 2 rings (SSSR count). The van der Waals surface area contributed by atoms with Gasteiger partial charge in [-0.05, 0) is 18.1 Å². The molecule has 0 spiro atoms. The Morgan fingerprint density at radius 3 is 2.69 bits per heavy atom. The first-order valence-electron chi connectivity index (χ1n) is 8.93. The number of benzene rings is 1. The van der Waals surface area contributed by atoms with E-state index in [4.69, 9.17) is 14.2 Å². The zero-order chi connectivity index (χ0) is 18.8. The summed E-state index contributed by atoms with van der Waals surface area (Å²) in [7, 11) is 3.36. The molecule has 0 aromatic heterocycles. The van der Waals surface area contributed by atoms with E-state index < -0.39 is 6.10 Å². The highest BCUT2D eigenvalue weighted by Gasteiger charge is 2.25. The fraction of sp³-hybridized carbons (Fsp3) is 0.476. The average molecular weight is 360 g/mol. The molecular weight excluding hydrogens is 332 g/mol. The number of carbonyl (C=O) groups is 1. The van der Waals surface area contributed by atoms with Crippen molar-refractivity contribution in [3.05, 3.63) is 54.1 Å². The monoisotopic (exact) mass is 360 g/mol. The zero-order valence-electron chi connectivity index (χ0n) is 15.4. The van der Waals surface area contributed by atoms with E-state index in [2.05, 4.69) is 0 Å². The molecular formula is C21H28O5. The summed E-state index contributed by atoms with van der Waals surface area (Å²) in [5, 5.41) is 9.63. The maximum atomic E-state index is 11.3. The van der Waals surface area contributed by atoms with Crippen molar-refractivity contribution < 1.29 is 24.1 Å². The van der Waals surface area contributed by atoms with Crippen molar-refractivity contribution in [2.75, 3.05) is 14.2 Å². The van der Waals surface area contributed by atoms with Crippen LogP contribution in [0.25, 0.3) is 6.08 Å². The number of aliphatic hydroxyl groups is 1. The third-order valence-corrected chi connectivity index (χ3v) is 4.37. The SMILES string of the molecule is CO[C@H](CC=C[C@H]1C[C@H](O)CC(=O)O1)C[C@@H](C=Cc1ccccc1)OC. The van der Waals surface area contributed by atoms with Crippen LogP contribution < -0.4 is 0 Å². The lowest BCUT2D eigenvalue weighted by molar-refractivity contribution is -0.156. The van der Waals surface area contributed by atoms with E-state index in [1.807, 2.05) is 54.6 Å². The minimum Gasteiger partial charge on any atom is -0.458 e. The van der Waals surface area contributed by atoms with Crippen LogP contribution in [0.5, 0.6) is 0 Å². The Bertz CT molecular complexity index is 596. The van der Waals surface area contributed by atoms with Crippen LogP contribution in [0.15, 0.2) is 48.6 Å². The average Bonchev–Trinajstić information content (AvgIpc) is 2.63. The van der Waals surface area contributed by atoms with E-state index >= 15 is 0 Å². The molecule has 4 atom stereocenters. The van der Waals surface area contributed by atoms with Crippen molar-refractivity contribution in [1.82, 2.24) is 0 Å². The van der Waals surface area contributed by atoms with E-state index in [0.29, 0.717) is 19.3 Å². The van der Waals surface area contributed by atoms with Gasteiger partial charge in [-0.2, -0.15) is 0 Å². The predicted molar refractivity (Wildman–Crippen MR) is 101 cm³/mol. The molecule has 1 aromatic rings. The van der Waals surface area contributed by atoms with Crippen LogP contribution in [0.4, 0.5) is 0 Å². The van der Waals surface area contributed by atoms with Crippen molar-refractivity contribution in [2.45, 2.75) is 50.1 Å². The van der Waals surface area contributed by atoms with Crippen LogP contribution in [-0.4, -0.2) is 49.7 Å². The summed E-state index contributed by atoms with van der Waals surface area (Å²) >= 11 is 0. The van der Waals surface area contributed by atoms with Crippen molar-refractivity contribution in [1.29, 1.82) is 0 Å². The first kappa shape index (κ1) is 20.4. The molecule has 26 heavy (non-hydrogen) atoms. The molecule has 1 aliphatic rings. The maximum absolute atomic E-state index is 11.3. The Labute approximate surface area is 155 Å². The molecule has 142 valence electrons. The van der Waals surface area contributed by atoms with Gasteiger partial charge in [0.2, 0.25) is 0 Å². The van der Waals surface area contributed by atoms with Gasteiger partial charge in [-0.1, -0.05) is 48.6 Å². The third kappa shape index (κ3) is 7.12. The number of cyclic esters (lactones) is 1. The van der Waals surface area contributed by atoms with Crippen LogP contribution in [0.1, 0.15) is 31.2 Å². The number of hydrogen-bond donors (Lipinski definition) is 1. The molecule has 1 heterocycles. The molecule has 0 aliphatic carbocycles. The number of methoxy groups -OCH3 is 2. The van der Waals surface area contributed by atoms with Crippen LogP contribution in [0.2, 0.25) is 0 Å².